The zero-order valence-corrected chi connectivity index (χ0v) is 22.1. The Labute approximate surface area is 237 Å². The minimum Gasteiger partial charge on any atom is -0.454 e. The van der Waals surface area contributed by atoms with Gasteiger partial charge in [0.1, 0.15) is 5.75 Å². The summed E-state index contributed by atoms with van der Waals surface area (Å²) >= 11 is 12.1. The number of nitro groups is 1. The van der Waals surface area contributed by atoms with Crippen LogP contribution in [0.25, 0.3) is 22.2 Å². The largest absolute Gasteiger partial charge is 0.454 e. The fourth-order valence-electron chi connectivity index (χ4n) is 3.97. The van der Waals surface area contributed by atoms with Gasteiger partial charge in [0.15, 0.2) is 12.4 Å². The number of nitro benzene ring substituents is 1. The second kappa shape index (κ2) is 11.5. The number of fused-ring (bicyclic) bond motifs is 1. The molecule has 0 aliphatic heterocycles. The molecule has 40 heavy (non-hydrogen) atoms. The van der Waals surface area contributed by atoms with Crippen LogP contribution in [0.4, 0.5) is 5.69 Å². The van der Waals surface area contributed by atoms with Gasteiger partial charge in [-0.3, -0.25) is 14.9 Å². The van der Waals surface area contributed by atoms with Crippen molar-refractivity contribution in [3.63, 3.8) is 0 Å². The number of para-hydroxylation sites is 2. The van der Waals surface area contributed by atoms with Crippen LogP contribution in [0, 0.1) is 10.1 Å². The Kier molecular flexibility index (Phi) is 7.72. The van der Waals surface area contributed by atoms with Gasteiger partial charge in [-0.2, -0.15) is 0 Å². The normalized spacial score (nSPS) is 10.8. The summed E-state index contributed by atoms with van der Waals surface area (Å²) in [5.41, 5.74) is 2.17. The third-order valence-electron chi connectivity index (χ3n) is 5.95. The lowest BCUT2D eigenvalue weighted by Crippen LogP contribution is -2.15. The highest BCUT2D eigenvalue weighted by atomic mass is 35.5. The van der Waals surface area contributed by atoms with E-state index in [2.05, 4.69) is 4.98 Å². The Hall–Kier alpha value is -4.79. The minimum absolute atomic E-state index is 0.0733. The number of carbonyl (C=O) groups excluding carboxylic acids is 2. The van der Waals surface area contributed by atoms with E-state index in [0.717, 1.165) is 5.56 Å². The summed E-state index contributed by atoms with van der Waals surface area (Å²) in [6.07, 6.45) is 0. The van der Waals surface area contributed by atoms with E-state index in [9.17, 15) is 19.7 Å². The molecule has 0 spiro atoms. The predicted octanol–water partition coefficient (Wildman–Crippen LogP) is 7.95. The molecule has 198 valence electrons. The molecule has 0 bridgehead atoms. The number of hydrogen-bond acceptors (Lipinski definition) is 7. The summed E-state index contributed by atoms with van der Waals surface area (Å²) in [5, 5.41) is 12.5. The SMILES string of the molecule is O=C(COC(=O)c1cc(-c2ccc(Cl)cc2)nc2ccccc12)c1ccc(Oc2c(Cl)cccc2[N+](=O)[O-])cc1. The van der Waals surface area contributed by atoms with Gasteiger partial charge in [0.05, 0.1) is 26.7 Å². The lowest BCUT2D eigenvalue weighted by Gasteiger charge is -2.11. The molecule has 0 N–H and O–H groups in total. The molecular weight excluding hydrogens is 555 g/mol. The maximum Gasteiger partial charge on any atom is 0.339 e. The standard InChI is InChI=1S/C30H18Cl2N2O6/c31-20-12-8-18(9-13-20)26-16-23(22-4-1-2-6-25(22)33-26)30(36)39-17-28(35)19-10-14-21(15-11-19)40-29-24(32)5-3-7-27(29)34(37)38/h1-16H,17H2. The van der Waals surface area contributed by atoms with Crippen LogP contribution in [0.15, 0.2) is 97.1 Å². The third kappa shape index (κ3) is 5.78. The van der Waals surface area contributed by atoms with E-state index in [0.29, 0.717) is 21.6 Å². The molecule has 8 nitrogen and oxygen atoms in total. The summed E-state index contributed by atoms with van der Waals surface area (Å²) in [7, 11) is 0. The zero-order chi connectivity index (χ0) is 28.2. The van der Waals surface area contributed by atoms with Gasteiger partial charge in [0, 0.05) is 27.6 Å². The number of ether oxygens (including phenoxy) is 2. The molecule has 1 heterocycles. The number of Topliss-reactive ketones (excluding diaryl/α,β-unsaturated/α-hetero) is 1. The van der Waals surface area contributed by atoms with E-state index in [1.54, 1.807) is 48.5 Å². The van der Waals surface area contributed by atoms with Crippen molar-refractivity contribution >= 4 is 51.5 Å². The lowest BCUT2D eigenvalue weighted by molar-refractivity contribution is -0.385. The molecule has 0 unspecified atom stereocenters. The first kappa shape index (κ1) is 26.8. The molecule has 10 heteroatoms. The number of carbonyl (C=O) groups is 2. The number of pyridine rings is 1. The average Bonchev–Trinajstić information content (AvgIpc) is 2.96. The van der Waals surface area contributed by atoms with Crippen molar-refractivity contribution in [1.82, 2.24) is 4.98 Å². The summed E-state index contributed by atoms with van der Waals surface area (Å²) in [4.78, 5) is 41.2. The van der Waals surface area contributed by atoms with Crippen LogP contribution in [0.3, 0.4) is 0 Å². The molecule has 0 aliphatic rings. The van der Waals surface area contributed by atoms with Crippen molar-refractivity contribution in [2.45, 2.75) is 0 Å². The number of ketones is 1. The molecular formula is C30H18Cl2N2O6. The molecule has 0 fully saturated rings. The smallest absolute Gasteiger partial charge is 0.339 e. The number of aromatic nitrogens is 1. The molecule has 1 aromatic heterocycles. The van der Waals surface area contributed by atoms with Gasteiger partial charge in [-0.1, -0.05) is 59.6 Å². The van der Waals surface area contributed by atoms with Gasteiger partial charge in [0.25, 0.3) is 0 Å². The van der Waals surface area contributed by atoms with Gasteiger partial charge in [-0.15, -0.1) is 0 Å². The molecule has 0 saturated carbocycles. The summed E-state index contributed by atoms with van der Waals surface area (Å²) < 4.78 is 11.0. The molecule has 0 atom stereocenters. The fourth-order valence-corrected chi connectivity index (χ4v) is 4.31. The number of rotatable bonds is 8. The van der Waals surface area contributed by atoms with Crippen molar-refractivity contribution < 1.29 is 24.0 Å². The summed E-state index contributed by atoms with van der Waals surface area (Å²) in [6, 6.07) is 25.9. The van der Waals surface area contributed by atoms with Crippen LogP contribution in [-0.2, 0) is 4.74 Å². The van der Waals surface area contributed by atoms with E-state index < -0.39 is 23.3 Å². The number of esters is 1. The Balaban J connectivity index is 1.31. The zero-order valence-electron chi connectivity index (χ0n) is 20.5. The number of nitrogens with zero attached hydrogens (tertiary/aromatic N) is 2. The van der Waals surface area contributed by atoms with Crippen molar-refractivity contribution in [1.29, 1.82) is 0 Å². The lowest BCUT2D eigenvalue weighted by atomic mass is 10.0. The molecule has 5 aromatic rings. The second-order valence-corrected chi connectivity index (χ2v) is 9.39. The third-order valence-corrected chi connectivity index (χ3v) is 6.50. The molecule has 0 amide bonds. The monoisotopic (exact) mass is 572 g/mol. The predicted molar refractivity (Wildman–Crippen MR) is 151 cm³/mol. The van der Waals surface area contributed by atoms with Gasteiger partial charge in [-0.25, -0.2) is 9.78 Å². The van der Waals surface area contributed by atoms with E-state index in [-0.39, 0.29) is 33.3 Å². The molecule has 0 aliphatic carbocycles. The van der Waals surface area contributed by atoms with Crippen LogP contribution in [0.5, 0.6) is 11.5 Å². The first-order valence-corrected chi connectivity index (χ1v) is 12.6. The van der Waals surface area contributed by atoms with Crippen molar-refractivity contribution in [3.8, 4) is 22.8 Å². The number of benzene rings is 4. The molecule has 4 aromatic carbocycles. The quantitative estimate of drug-likeness (QED) is 0.0802. The summed E-state index contributed by atoms with van der Waals surface area (Å²) in [5.74, 6) is -0.986. The van der Waals surface area contributed by atoms with Crippen molar-refractivity contribution in [3.05, 3.63) is 128 Å². The Morgan fingerprint density at radius 2 is 1.60 bits per heavy atom. The maximum atomic E-state index is 13.1. The van der Waals surface area contributed by atoms with Crippen LogP contribution >= 0.6 is 23.2 Å². The number of halogens is 2. The average molecular weight is 573 g/mol. The maximum absolute atomic E-state index is 13.1. The first-order valence-electron chi connectivity index (χ1n) is 11.9. The van der Waals surface area contributed by atoms with Crippen LogP contribution < -0.4 is 4.74 Å². The van der Waals surface area contributed by atoms with E-state index in [1.165, 1.54) is 42.5 Å². The molecule has 0 saturated heterocycles. The highest BCUT2D eigenvalue weighted by Crippen LogP contribution is 2.37. The second-order valence-electron chi connectivity index (χ2n) is 8.55. The Morgan fingerprint density at radius 3 is 2.33 bits per heavy atom. The van der Waals surface area contributed by atoms with Gasteiger partial charge in [-0.05, 0) is 54.6 Å². The minimum atomic E-state index is -0.673. The van der Waals surface area contributed by atoms with Gasteiger partial charge in [0.2, 0.25) is 5.75 Å². The van der Waals surface area contributed by atoms with Crippen molar-refractivity contribution in [2.24, 2.45) is 0 Å². The van der Waals surface area contributed by atoms with E-state index in [1.807, 2.05) is 6.07 Å². The van der Waals surface area contributed by atoms with E-state index >= 15 is 0 Å². The first-order chi connectivity index (χ1) is 19.3. The van der Waals surface area contributed by atoms with Crippen molar-refractivity contribution in [2.75, 3.05) is 6.61 Å². The van der Waals surface area contributed by atoms with Crippen LogP contribution in [0.2, 0.25) is 10.0 Å². The Bertz CT molecular complexity index is 1760. The fraction of sp³-hybridized carbons (Fsp3) is 0.0333. The highest BCUT2D eigenvalue weighted by molar-refractivity contribution is 6.32. The molecule has 0 radical (unpaired) electrons. The van der Waals surface area contributed by atoms with Gasteiger partial charge < -0.3 is 9.47 Å². The number of hydrogen-bond donors (Lipinski definition) is 0. The summed E-state index contributed by atoms with van der Waals surface area (Å²) in [6.45, 7) is -0.498. The van der Waals surface area contributed by atoms with Crippen LogP contribution in [-0.4, -0.2) is 28.3 Å². The molecule has 5 rings (SSSR count). The Morgan fingerprint density at radius 1 is 0.875 bits per heavy atom. The van der Waals surface area contributed by atoms with Crippen LogP contribution in [0.1, 0.15) is 20.7 Å². The topological polar surface area (TPSA) is 109 Å². The van der Waals surface area contributed by atoms with Gasteiger partial charge >= 0.3 is 11.7 Å². The highest BCUT2D eigenvalue weighted by Gasteiger charge is 2.20. The van der Waals surface area contributed by atoms with E-state index in [4.69, 9.17) is 32.7 Å².